The molecule has 0 saturated carbocycles. The molecule has 0 bridgehead atoms. The van der Waals surface area contributed by atoms with E-state index in [1.54, 1.807) is 0 Å². The number of rotatable bonds is 6. The molecule has 2 rings (SSSR count). The number of aromatic hydroxyl groups is 2. The molecule has 2 aromatic rings. The van der Waals surface area contributed by atoms with E-state index in [9.17, 15) is 40.2 Å². The number of hydrogen-bond acceptors (Lipinski definition) is 8. The number of carbonyl (C=O) groups excluding carboxylic acids is 2. The minimum absolute atomic E-state index is 0.0572. The molecule has 0 aliphatic heterocycles. The van der Waals surface area contributed by atoms with E-state index < -0.39 is 38.2 Å². The molecular formula is C19H22N2O8. The van der Waals surface area contributed by atoms with Gasteiger partial charge in [-0.25, -0.2) is 0 Å². The third kappa shape index (κ3) is 4.63. The van der Waals surface area contributed by atoms with Gasteiger partial charge < -0.3 is 41.3 Å². The fourth-order valence-electron chi connectivity index (χ4n) is 2.77. The number of hydrogen-bond donors (Lipinski definition) is 8. The van der Waals surface area contributed by atoms with Gasteiger partial charge in [0.25, 0.3) is 0 Å². The molecule has 0 fully saturated rings. The van der Waals surface area contributed by atoms with Gasteiger partial charge in [-0.05, 0) is 30.7 Å². The molecule has 10 heteroatoms. The van der Waals surface area contributed by atoms with Gasteiger partial charge in [-0.1, -0.05) is 0 Å². The molecule has 2 amide bonds. The Labute approximate surface area is 165 Å². The van der Waals surface area contributed by atoms with Crippen LogP contribution in [0.4, 0.5) is 11.4 Å². The first-order valence-electron chi connectivity index (χ1n) is 8.52. The molecule has 0 aliphatic carbocycles. The number of aliphatic hydroxyl groups excluding tert-OH is 4. The van der Waals surface area contributed by atoms with E-state index in [0.717, 1.165) is 0 Å². The molecule has 0 saturated heterocycles. The molecule has 0 aromatic heterocycles. The zero-order valence-electron chi connectivity index (χ0n) is 15.6. The van der Waals surface area contributed by atoms with E-state index in [-0.39, 0.29) is 45.1 Å². The average molecular weight is 406 g/mol. The Hall–Kier alpha value is -3.18. The van der Waals surface area contributed by atoms with Crippen LogP contribution in [-0.2, 0) is 36.0 Å². The summed E-state index contributed by atoms with van der Waals surface area (Å²) in [7, 11) is 0. The average Bonchev–Trinajstić information content (AvgIpc) is 2.71. The predicted molar refractivity (Wildman–Crippen MR) is 102 cm³/mol. The number of phenols is 2. The summed E-state index contributed by atoms with van der Waals surface area (Å²) < 4.78 is 0. The molecule has 156 valence electrons. The number of benzene rings is 2. The van der Waals surface area contributed by atoms with Crippen LogP contribution >= 0.6 is 0 Å². The highest BCUT2D eigenvalue weighted by atomic mass is 16.3. The summed E-state index contributed by atoms with van der Waals surface area (Å²) in [5.74, 6) is -2.76. The minimum atomic E-state index is -1.08. The smallest absolute Gasteiger partial charge is 0.314 e. The molecular weight excluding hydrogens is 384 g/mol. The lowest BCUT2D eigenvalue weighted by Crippen LogP contribution is -2.29. The van der Waals surface area contributed by atoms with Crippen molar-refractivity contribution in [1.82, 2.24) is 0 Å². The monoisotopic (exact) mass is 406 g/mol. The molecule has 0 atom stereocenters. The van der Waals surface area contributed by atoms with Gasteiger partial charge in [0, 0.05) is 33.6 Å². The summed E-state index contributed by atoms with van der Waals surface area (Å²) in [5, 5.41) is 61.7. The number of amides is 2. The molecule has 0 radical (unpaired) electrons. The van der Waals surface area contributed by atoms with Crippen LogP contribution in [0.3, 0.4) is 0 Å². The van der Waals surface area contributed by atoms with Crippen LogP contribution in [-0.4, -0.2) is 42.5 Å². The van der Waals surface area contributed by atoms with Gasteiger partial charge in [0.05, 0.1) is 26.4 Å². The Balaban J connectivity index is 2.26. The number of carbonyl (C=O) groups is 2. The predicted octanol–water partition coefficient (Wildman–Crippen LogP) is -0.0474. The summed E-state index contributed by atoms with van der Waals surface area (Å²) in [6.45, 7) is -0.664. The summed E-state index contributed by atoms with van der Waals surface area (Å²) in [6.07, 6.45) is 0. The molecule has 0 unspecified atom stereocenters. The lowest BCUT2D eigenvalue weighted by Gasteiger charge is -2.16. The van der Waals surface area contributed by atoms with Crippen LogP contribution in [0.15, 0.2) is 18.2 Å². The van der Waals surface area contributed by atoms with E-state index in [1.165, 1.54) is 25.1 Å². The van der Waals surface area contributed by atoms with Crippen molar-refractivity contribution in [2.24, 2.45) is 0 Å². The van der Waals surface area contributed by atoms with E-state index >= 15 is 0 Å². The maximum Gasteiger partial charge on any atom is 0.314 e. The topological polar surface area (TPSA) is 180 Å². The Morgan fingerprint density at radius 3 is 1.72 bits per heavy atom. The summed E-state index contributed by atoms with van der Waals surface area (Å²) >= 11 is 0. The largest absolute Gasteiger partial charge is 0.507 e. The highest BCUT2D eigenvalue weighted by Crippen LogP contribution is 2.32. The molecule has 0 spiro atoms. The lowest BCUT2D eigenvalue weighted by molar-refractivity contribution is -0.133. The third-order valence-corrected chi connectivity index (χ3v) is 4.41. The quantitative estimate of drug-likeness (QED) is 0.243. The van der Waals surface area contributed by atoms with Crippen molar-refractivity contribution in [3.8, 4) is 11.5 Å². The maximum atomic E-state index is 12.3. The van der Waals surface area contributed by atoms with Gasteiger partial charge in [0.2, 0.25) is 0 Å². The second-order valence-corrected chi connectivity index (χ2v) is 6.22. The minimum Gasteiger partial charge on any atom is -0.507 e. The van der Waals surface area contributed by atoms with Gasteiger partial charge >= 0.3 is 11.8 Å². The molecule has 8 N–H and O–H groups in total. The van der Waals surface area contributed by atoms with Crippen molar-refractivity contribution in [2.75, 3.05) is 10.6 Å². The van der Waals surface area contributed by atoms with Crippen molar-refractivity contribution in [3.63, 3.8) is 0 Å². The maximum absolute atomic E-state index is 12.3. The van der Waals surface area contributed by atoms with Crippen molar-refractivity contribution in [2.45, 2.75) is 33.4 Å². The highest BCUT2D eigenvalue weighted by Gasteiger charge is 2.20. The fraction of sp³-hybridized carbons (Fsp3) is 0.263. The van der Waals surface area contributed by atoms with Crippen LogP contribution in [0.25, 0.3) is 0 Å². The van der Waals surface area contributed by atoms with Crippen LogP contribution in [0, 0.1) is 6.92 Å². The molecule has 29 heavy (non-hydrogen) atoms. The van der Waals surface area contributed by atoms with Gasteiger partial charge in [0.15, 0.2) is 0 Å². The zero-order chi connectivity index (χ0) is 21.7. The zero-order valence-corrected chi connectivity index (χ0v) is 15.6. The van der Waals surface area contributed by atoms with E-state index in [2.05, 4.69) is 10.6 Å². The van der Waals surface area contributed by atoms with Crippen molar-refractivity contribution in [1.29, 1.82) is 0 Å². The first-order valence-corrected chi connectivity index (χ1v) is 8.52. The van der Waals surface area contributed by atoms with Crippen molar-refractivity contribution in [3.05, 3.63) is 46.0 Å². The van der Waals surface area contributed by atoms with Crippen LogP contribution < -0.4 is 10.6 Å². The Morgan fingerprint density at radius 2 is 1.24 bits per heavy atom. The standard InChI is InChI=1S/C19H22N2O8/c1-9-14(8-25)17(27)12(7-24)4-15(9)21-19(29)18(28)20-13-2-10(5-22)16(26)11(3-13)6-23/h2-4,22-27H,5-8H2,1H3,(H,20,28)(H,21,29). The normalized spacial score (nSPS) is 10.7. The first-order chi connectivity index (χ1) is 13.8. The van der Waals surface area contributed by atoms with E-state index in [1.807, 2.05) is 0 Å². The first kappa shape index (κ1) is 22.1. The molecule has 0 heterocycles. The van der Waals surface area contributed by atoms with Gasteiger partial charge in [-0.15, -0.1) is 0 Å². The van der Waals surface area contributed by atoms with Crippen molar-refractivity contribution >= 4 is 23.2 Å². The SMILES string of the molecule is Cc1c(NC(=O)C(=O)Nc2cc(CO)c(O)c(CO)c2)cc(CO)c(O)c1CO. The Kier molecular flexibility index (Phi) is 7.13. The Morgan fingerprint density at radius 1 is 0.759 bits per heavy atom. The summed E-state index contributed by atoms with van der Waals surface area (Å²) in [5.41, 5.74) is 0.793. The fourth-order valence-corrected chi connectivity index (χ4v) is 2.77. The van der Waals surface area contributed by atoms with E-state index in [0.29, 0.717) is 5.56 Å². The van der Waals surface area contributed by atoms with Crippen molar-refractivity contribution < 1.29 is 40.2 Å². The molecule has 2 aromatic carbocycles. The number of nitrogens with one attached hydrogen (secondary N) is 2. The van der Waals surface area contributed by atoms with Crippen LogP contribution in [0.1, 0.15) is 27.8 Å². The highest BCUT2D eigenvalue weighted by molar-refractivity contribution is 6.43. The summed E-state index contributed by atoms with van der Waals surface area (Å²) in [4.78, 5) is 24.5. The summed E-state index contributed by atoms with van der Waals surface area (Å²) in [6, 6.07) is 3.78. The second kappa shape index (κ2) is 9.34. The van der Waals surface area contributed by atoms with Gasteiger partial charge in [-0.2, -0.15) is 0 Å². The number of aliphatic hydroxyl groups is 4. The Bertz CT molecular complexity index is 917. The third-order valence-electron chi connectivity index (χ3n) is 4.41. The second-order valence-electron chi connectivity index (χ2n) is 6.22. The van der Waals surface area contributed by atoms with E-state index in [4.69, 9.17) is 0 Å². The molecule has 0 aliphatic rings. The van der Waals surface area contributed by atoms with Crippen LogP contribution in [0.2, 0.25) is 0 Å². The van der Waals surface area contributed by atoms with Gasteiger partial charge in [0.1, 0.15) is 11.5 Å². The lowest BCUT2D eigenvalue weighted by atomic mass is 10.0. The van der Waals surface area contributed by atoms with Crippen LogP contribution in [0.5, 0.6) is 11.5 Å². The molecule has 10 nitrogen and oxygen atoms in total. The van der Waals surface area contributed by atoms with Gasteiger partial charge in [-0.3, -0.25) is 9.59 Å². The number of anilines is 2.